The average Bonchev–Trinajstić information content (AvgIpc) is 2.77. The third-order valence-electron chi connectivity index (χ3n) is 3.25. The van der Waals surface area contributed by atoms with Crippen molar-refractivity contribution in [2.45, 2.75) is 44.7 Å². The number of nitrogens with one attached hydrogen (secondary N) is 1. The van der Waals surface area contributed by atoms with E-state index in [0.29, 0.717) is 23.7 Å². The zero-order valence-electron chi connectivity index (χ0n) is 11.7. The van der Waals surface area contributed by atoms with Crippen LogP contribution in [0.1, 0.15) is 31.9 Å². The molecular formula is C12H18BN3O4S. The summed E-state index contributed by atoms with van der Waals surface area (Å²) in [6.07, 6.45) is 1.34. The predicted molar refractivity (Wildman–Crippen MR) is 79.5 cm³/mol. The van der Waals surface area contributed by atoms with Gasteiger partial charge in [0.1, 0.15) is 5.78 Å². The number of carbonyl (C=O) groups excluding carboxylic acids is 2. The molecule has 0 spiro atoms. The summed E-state index contributed by atoms with van der Waals surface area (Å²) >= 11 is 1.28. The van der Waals surface area contributed by atoms with Crippen molar-refractivity contribution >= 4 is 35.3 Å². The SMILES string of the molecule is CC(=O)C[C@@H]1CC[C@H](NC(=O)Cc2csc(N)n2)B(O)O1. The van der Waals surface area contributed by atoms with E-state index in [9.17, 15) is 14.6 Å². The molecule has 21 heavy (non-hydrogen) atoms. The molecule has 0 unspecified atom stereocenters. The van der Waals surface area contributed by atoms with Crippen LogP contribution in [0.25, 0.3) is 0 Å². The standard InChI is InChI=1S/C12H18BN3O4S/c1-7(17)4-9-2-3-10(13(19)20-9)16-11(18)5-8-6-21-12(14)15-8/h6,9-10,19H,2-5H2,1H3,(H2,14,15)(H,16,18)/t9-,10-/m0/s1. The van der Waals surface area contributed by atoms with E-state index in [2.05, 4.69) is 10.3 Å². The van der Waals surface area contributed by atoms with Gasteiger partial charge in [0.15, 0.2) is 5.13 Å². The summed E-state index contributed by atoms with van der Waals surface area (Å²) in [6, 6.07) is 0. The van der Waals surface area contributed by atoms with Crippen molar-refractivity contribution in [1.82, 2.24) is 10.3 Å². The minimum Gasteiger partial charge on any atom is -0.426 e. The molecule has 1 aromatic rings. The monoisotopic (exact) mass is 311 g/mol. The Bertz CT molecular complexity index is 524. The third kappa shape index (κ3) is 4.80. The number of hydrogen-bond acceptors (Lipinski definition) is 7. The molecule has 0 radical (unpaired) electrons. The van der Waals surface area contributed by atoms with Crippen molar-refractivity contribution < 1.29 is 19.3 Å². The number of anilines is 1. The Kier molecular flexibility index (Phi) is 5.32. The first-order valence-corrected chi connectivity index (χ1v) is 7.64. The highest BCUT2D eigenvalue weighted by Gasteiger charge is 2.36. The Labute approximate surface area is 127 Å². The molecule has 1 fully saturated rings. The number of carbonyl (C=O) groups is 2. The van der Waals surface area contributed by atoms with Gasteiger partial charge in [0.05, 0.1) is 18.1 Å². The van der Waals surface area contributed by atoms with Crippen molar-refractivity contribution in [1.29, 1.82) is 0 Å². The summed E-state index contributed by atoms with van der Waals surface area (Å²) in [6.45, 7) is 1.49. The molecule has 9 heteroatoms. The Morgan fingerprint density at radius 1 is 1.62 bits per heavy atom. The van der Waals surface area contributed by atoms with Gasteiger partial charge in [-0.2, -0.15) is 0 Å². The largest absolute Gasteiger partial charge is 0.478 e. The molecule has 2 heterocycles. The van der Waals surface area contributed by atoms with E-state index < -0.39 is 13.1 Å². The van der Waals surface area contributed by atoms with Gasteiger partial charge in [-0.1, -0.05) is 0 Å². The molecule has 1 aliphatic heterocycles. The van der Waals surface area contributed by atoms with E-state index >= 15 is 0 Å². The summed E-state index contributed by atoms with van der Waals surface area (Å²) < 4.78 is 5.35. The highest BCUT2D eigenvalue weighted by molar-refractivity contribution is 7.13. The molecule has 1 aromatic heterocycles. The molecule has 2 atom stereocenters. The number of ketones is 1. The zero-order chi connectivity index (χ0) is 15.4. The van der Waals surface area contributed by atoms with Crippen LogP contribution in [0.3, 0.4) is 0 Å². The van der Waals surface area contributed by atoms with Gasteiger partial charge < -0.3 is 20.7 Å². The average molecular weight is 311 g/mol. The highest BCUT2D eigenvalue weighted by atomic mass is 32.1. The molecule has 114 valence electrons. The molecule has 0 aliphatic carbocycles. The van der Waals surface area contributed by atoms with Crippen LogP contribution in [0, 0.1) is 0 Å². The second-order valence-corrected chi connectivity index (χ2v) is 6.05. The first-order valence-electron chi connectivity index (χ1n) is 6.76. The van der Waals surface area contributed by atoms with Gasteiger partial charge in [-0.3, -0.25) is 9.59 Å². The maximum absolute atomic E-state index is 11.9. The fourth-order valence-electron chi connectivity index (χ4n) is 2.31. The molecule has 7 nitrogen and oxygen atoms in total. The van der Waals surface area contributed by atoms with Crippen LogP contribution in [0.5, 0.6) is 0 Å². The van der Waals surface area contributed by atoms with Crippen molar-refractivity contribution in [3.8, 4) is 0 Å². The number of nitrogens with two attached hydrogens (primary N) is 1. The minimum absolute atomic E-state index is 0.0239. The highest BCUT2D eigenvalue weighted by Crippen LogP contribution is 2.19. The van der Waals surface area contributed by atoms with Crippen LogP contribution in [0.4, 0.5) is 5.13 Å². The van der Waals surface area contributed by atoms with Gasteiger partial charge in [0.2, 0.25) is 5.91 Å². The fraction of sp³-hybridized carbons (Fsp3) is 0.583. The van der Waals surface area contributed by atoms with Gasteiger partial charge in [-0.25, -0.2) is 4.98 Å². The Morgan fingerprint density at radius 3 is 2.95 bits per heavy atom. The zero-order valence-corrected chi connectivity index (χ0v) is 12.6. The van der Waals surface area contributed by atoms with E-state index in [4.69, 9.17) is 10.4 Å². The second-order valence-electron chi connectivity index (χ2n) is 5.16. The van der Waals surface area contributed by atoms with Crippen molar-refractivity contribution in [2.75, 3.05) is 5.73 Å². The van der Waals surface area contributed by atoms with Gasteiger partial charge in [-0.05, 0) is 19.8 Å². The van der Waals surface area contributed by atoms with Crippen molar-refractivity contribution in [3.05, 3.63) is 11.1 Å². The molecule has 4 N–H and O–H groups in total. The second kappa shape index (κ2) is 7.01. The lowest BCUT2D eigenvalue weighted by Gasteiger charge is -2.31. The predicted octanol–water partition coefficient (Wildman–Crippen LogP) is -0.0696. The molecular weight excluding hydrogens is 293 g/mol. The smallest absolute Gasteiger partial charge is 0.426 e. The maximum Gasteiger partial charge on any atom is 0.478 e. The number of Topliss-reactive ketones (excluding diaryl/α,β-unsaturated/α-hetero) is 1. The first kappa shape index (κ1) is 15.9. The third-order valence-corrected chi connectivity index (χ3v) is 3.97. The Morgan fingerprint density at radius 2 is 2.38 bits per heavy atom. The van der Waals surface area contributed by atoms with Gasteiger partial charge in [0.25, 0.3) is 0 Å². The summed E-state index contributed by atoms with van der Waals surface area (Å²) in [7, 11) is -1.09. The molecule has 2 rings (SSSR count). The Hall–Kier alpha value is -1.45. The minimum atomic E-state index is -1.09. The number of rotatable bonds is 5. The lowest BCUT2D eigenvalue weighted by atomic mass is 9.72. The number of thiazole rings is 1. The first-order chi connectivity index (χ1) is 9.94. The van der Waals surface area contributed by atoms with Crippen LogP contribution in [-0.2, 0) is 20.7 Å². The molecule has 1 saturated heterocycles. The number of nitrogen functional groups attached to an aromatic ring is 1. The molecule has 0 saturated carbocycles. The van der Waals surface area contributed by atoms with Crippen LogP contribution < -0.4 is 11.1 Å². The Balaban J connectivity index is 1.80. The maximum atomic E-state index is 11.9. The van der Waals surface area contributed by atoms with Crippen molar-refractivity contribution in [3.63, 3.8) is 0 Å². The van der Waals surface area contributed by atoms with Crippen LogP contribution in [-0.4, -0.2) is 40.9 Å². The normalized spacial score (nSPS) is 22.1. The number of nitrogens with zero attached hydrogens (tertiary/aromatic N) is 1. The number of hydrogen-bond donors (Lipinski definition) is 3. The molecule has 1 amide bonds. The van der Waals surface area contributed by atoms with E-state index in [-0.39, 0.29) is 30.6 Å². The number of amides is 1. The van der Waals surface area contributed by atoms with Crippen LogP contribution in [0.15, 0.2) is 5.38 Å². The molecule has 0 bridgehead atoms. The quantitative estimate of drug-likeness (QED) is 0.656. The number of aromatic nitrogens is 1. The van der Waals surface area contributed by atoms with E-state index in [1.165, 1.54) is 18.3 Å². The van der Waals surface area contributed by atoms with E-state index in [1.807, 2.05) is 0 Å². The molecule has 1 aliphatic rings. The van der Waals surface area contributed by atoms with Crippen molar-refractivity contribution in [2.24, 2.45) is 0 Å². The summed E-state index contributed by atoms with van der Waals surface area (Å²) in [5, 5.41) is 14.8. The fourth-order valence-corrected chi connectivity index (χ4v) is 2.87. The molecule has 0 aromatic carbocycles. The summed E-state index contributed by atoms with van der Waals surface area (Å²) in [4.78, 5) is 26.9. The van der Waals surface area contributed by atoms with Gasteiger partial charge in [0, 0.05) is 17.9 Å². The van der Waals surface area contributed by atoms with Gasteiger partial charge in [-0.15, -0.1) is 11.3 Å². The van der Waals surface area contributed by atoms with Gasteiger partial charge >= 0.3 is 7.12 Å². The summed E-state index contributed by atoms with van der Waals surface area (Å²) in [5.74, 6) is -0.675. The lowest BCUT2D eigenvalue weighted by Crippen LogP contribution is -2.53. The van der Waals surface area contributed by atoms with E-state index in [0.717, 1.165) is 0 Å². The van der Waals surface area contributed by atoms with E-state index in [1.54, 1.807) is 5.38 Å². The van der Waals surface area contributed by atoms with Crippen LogP contribution in [0.2, 0.25) is 0 Å². The topological polar surface area (TPSA) is 115 Å². The van der Waals surface area contributed by atoms with Crippen LogP contribution >= 0.6 is 11.3 Å². The summed E-state index contributed by atoms with van der Waals surface area (Å²) in [5.41, 5.74) is 6.11. The lowest BCUT2D eigenvalue weighted by molar-refractivity contribution is -0.122.